The fraction of sp³-hybridized carbons (Fsp3) is 0.100. The van der Waals surface area contributed by atoms with Crippen LogP contribution in [-0.4, -0.2) is 11.2 Å². The first-order valence-electron chi connectivity index (χ1n) is 25.6. The molecule has 0 aliphatic heterocycles. The lowest BCUT2D eigenvalue weighted by molar-refractivity contribution is -0.575. The Morgan fingerprint density at radius 2 is 0.562 bits per heavy atom. The number of benzene rings is 10. The molecule has 10 aromatic carbocycles. The standard InChI is InChI=1S/C70H60N2P/c1-50-46-60(64(52-28-12-4-13-29-52)53-30-14-5-15-31-53)68(61(47-50)65(54-32-16-6-17-33-54)55-34-18-7-19-35-55)71-44-45-72(70(71)73-3)69-62(66(56-36-20-8-21-37-56)57-38-22-9-23-39-57)48-51(2)49-63(69)67(58-40-24-10-25-41-58)59-42-26-11-27-43-59/h4-49,64-67,73H,1-3H3/q+1. The molecule has 73 heavy (non-hydrogen) atoms. The molecule has 0 N–H and O–H groups in total. The molecule has 1 aromatic heterocycles. The van der Waals surface area contributed by atoms with Gasteiger partial charge in [-0.25, -0.2) is 0 Å². The van der Waals surface area contributed by atoms with Gasteiger partial charge >= 0.3 is 0 Å². The molecular formula is C70H60N2P+. The third kappa shape index (κ3) is 9.68. The van der Waals surface area contributed by atoms with Crippen molar-refractivity contribution in [2.24, 2.45) is 0 Å². The number of hydrogen-bond acceptors (Lipinski definition) is 0. The summed E-state index contributed by atoms with van der Waals surface area (Å²) in [6, 6.07) is 98.8. The Labute approximate surface area is 433 Å². The normalized spacial score (nSPS) is 11.7. The van der Waals surface area contributed by atoms with Crippen LogP contribution in [0.4, 0.5) is 0 Å². The molecule has 0 saturated heterocycles. The van der Waals surface area contributed by atoms with Crippen LogP contribution in [-0.2, 0) is 0 Å². The number of hydrogen-bond donors (Lipinski definition) is 0. The smallest absolute Gasteiger partial charge is 0.195 e. The number of rotatable bonds is 15. The summed E-state index contributed by atoms with van der Waals surface area (Å²) in [5, 5.41) is 0. The molecule has 0 amide bonds. The predicted octanol–water partition coefficient (Wildman–Crippen LogP) is 16.0. The quantitative estimate of drug-likeness (QED) is 0.0550. The van der Waals surface area contributed by atoms with Gasteiger partial charge in [-0.3, -0.25) is 0 Å². The van der Waals surface area contributed by atoms with Crippen LogP contribution >= 0.6 is 8.58 Å². The van der Waals surface area contributed by atoms with Crippen molar-refractivity contribution in [3.63, 3.8) is 0 Å². The molecule has 0 radical (unpaired) electrons. The summed E-state index contributed by atoms with van der Waals surface area (Å²) in [4.78, 5) is 0. The minimum absolute atomic E-state index is 0.0567. The van der Waals surface area contributed by atoms with E-state index in [1.165, 1.54) is 94.8 Å². The van der Waals surface area contributed by atoms with Gasteiger partial charge in [0, 0.05) is 45.9 Å². The second-order valence-electron chi connectivity index (χ2n) is 19.2. The van der Waals surface area contributed by atoms with E-state index in [0.29, 0.717) is 8.58 Å². The van der Waals surface area contributed by atoms with E-state index in [-0.39, 0.29) is 23.7 Å². The van der Waals surface area contributed by atoms with Gasteiger partial charge in [0.1, 0.15) is 23.8 Å². The molecule has 0 fully saturated rings. The first kappa shape index (κ1) is 47.2. The zero-order valence-electron chi connectivity index (χ0n) is 41.8. The highest BCUT2D eigenvalue weighted by molar-refractivity contribution is 7.45. The summed E-state index contributed by atoms with van der Waals surface area (Å²) in [7, 11) is 0.415. The highest BCUT2D eigenvalue weighted by Gasteiger charge is 2.36. The lowest BCUT2D eigenvalue weighted by atomic mass is 9.78. The minimum atomic E-state index is -0.0567. The van der Waals surface area contributed by atoms with Crippen molar-refractivity contribution in [3.05, 3.63) is 357 Å². The highest BCUT2D eigenvalue weighted by Crippen LogP contribution is 2.45. The molecule has 0 aliphatic rings. The summed E-state index contributed by atoms with van der Waals surface area (Å²) in [5.74, 6) is -0.227. The maximum absolute atomic E-state index is 2.58. The predicted molar refractivity (Wildman–Crippen MR) is 306 cm³/mol. The third-order valence-corrected chi connectivity index (χ3v) is 15.4. The SMILES string of the molecule is CPc1n(-c2c(C(c3ccccc3)c3ccccc3)cc(C)cc2C(c2ccccc2)c2ccccc2)cc[n+]1-c1c(C(c2ccccc2)c2ccccc2)cc(C)cc1C(c1ccccc1)c1ccccc1. The van der Waals surface area contributed by atoms with Gasteiger partial charge in [0.25, 0.3) is 5.57 Å². The first-order chi connectivity index (χ1) is 36.1. The summed E-state index contributed by atoms with van der Waals surface area (Å²) >= 11 is 0. The van der Waals surface area contributed by atoms with E-state index >= 15 is 0 Å². The third-order valence-electron chi connectivity index (χ3n) is 14.5. The molecule has 11 rings (SSSR count). The van der Waals surface area contributed by atoms with E-state index in [1.54, 1.807) is 0 Å². The minimum Gasteiger partial charge on any atom is -0.195 e. The van der Waals surface area contributed by atoms with Crippen LogP contribution in [0.25, 0.3) is 11.4 Å². The highest BCUT2D eigenvalue weighted by atomic mass is 31.1. The van der Waals surface area contributed by atoms with Crippen molar-refractivity contribution in [3.8, 4) is 11.4 Å². The van der Waals surface area contributed by atoms with Gasteiger partial charge in [0.15, 0.2) is 0 Å². The zero-order valence-corrected chi connectivity index (χ0v) is 42.8. The van der Waals surface area contributed by atoms with Crippen molar-refractivity contribution in [1.82, 2.24) is 4.57 Å². The molecule has 1 atom stereocenters. The van der Waals surface area contributed by atoms with Gasteiger partial charge in [0.2, 0.25) is 0 Å². The van der Waals surface area contributed by atoms with E-state index in [2.05, 4.69) is 309 Å². The second kappa shape index (κ2) is 21.7. The van der Waals surface area contributed by atoms with Gasteiger partial charge in [-0.1, -0.05) is 278 Å². The molecule has 0 bridgehead atoms. The molecule has 2 nitrogen and oxygen atoms in total. The maximum atomic E-state index is 2.58. The van der Waals surface area contributed by atoms with Gasteiger partial charge in [-0.15, -0.1) is 0 Å². The van der Waals surface area contributed by atoms with E-state index in [4.69, 9.17) is 0 Å². The van der Waals surface area contributed by atoms with Crippen LogP contribution in [0.15, 0.2) is 279 Å². The molecule has 354 valence electrons. The van der Waals surface area contributed by atoms with Crippen molar-refractivity contribution in [2.45, 2.75) is 37.5 Å². The lowest BCUT2D eigenvalue weighted by Crippen LogP contribution is -2.46. The number of aryl methyl sites for hydroxylation is 2. The fourth-order valence-corrected chi connectivity index (χ4v) is 12.3. The molecular weight excluding hydrogens is 900 g/mol. The van der Waals surface area contributed by atoms with Crippen molar-refractivity contribution >= 4 is 14.1 Å². The van der Waals surface area contributed by atoms with E-state index in [9.17, 15) is 0 Å². The summed E-state index contributed by atoms with van der Waals surface area (Å²) in [6.45, 7) is 6.92. The van der Waals surface area contributed by atoms with Crippen LogP contribution in [0.2, 0.25) is 0 Å². The Bertz CT molecular complexity index is 2940. The molecule has 0 spiro atoms. The first-order valence-corrected chi connectivity index (χ1v) is 27.1. The van der Waals surface area contributed by atoms with Gasteiger partial charge in [0.05, 0.1) is 0 Å². The average molecular weight is 960 g/mol. The van der Waals surface area contributed by atoms with Crippen LogP contribution in [0.1, 0.15) is 102 Å². The van der Waals surface area contributed by atoms with Crippen LogP contribution < -0.4 is 10.1 Å². The van der Waals surface area contributed by atoms with E-state index in [1.807, 2.05) is 0 Å². The van der Waals surface area contributed by atoms with Crippen LogP contribution in [0.5, 0.6) is 0 Å². The number of imidazole rings is 1. The number of aromatic nitrogens is 2. The fourth-order valence-electron chi connectivity index (χ4n) is 11.5. The zero-order chi connectivity index (χ0) is 49.5. The summed E-state index contributed by atoms with van der Waals surface area (Å²) in [6.07, 6.45) is 4.74. The molecule has 0 aliphatic carbocycles. The van der Waals surface area contributed by atoms with Crippen LogP contribution in [0, 0.1) is 13.8 Å². The van der Waals surface area contributed by atoms with Crippen molar-refractivity contribution in [1.29, 1.82) is 0 Å². The molecule has 11 aromatic rings. The summed E-state index contributed by atoms with van der Waals surface area (Å²) in [5.41, 5.74) is 21.3. The van der Waals surface area contributed by atoms with Gasteiger partial charge in [-0.05, 0) is 73.6 Å². The Balaban J connectivity index is 1.28. The molecule has 1 unspecified atom stereocenters. The Hall–Kier alpha value is -8.16. The largest absolute Gasteiger partial charge is 0.283 e. The van der Waals surface area contributed by atoms with Crippen molar-refractivity contribution < 1.29 is 4.57 Å². The Morgan fingerprint density at radius 1 is 0.329 bits per heavy atom. The van der Waals surface area contributed by atoms with Crippen LogP contribution in [0.3, 0.4) is 0 Å². The topological polar surface area (TPSA) is 8.81 Å². The lowest BCUT2D eigenvalue weighted by Gasteiger charge is -2.28. The number of nitrogens with zero attached hydrogens (tertiary/aromatic N) is 2. The molecule has 3 heteroatoms. The van der Waals surface area contributed by atoms with E-state index < -0.39 is 0 Å². The maximum Gasteiger partial charge on any atom is 0.283 e. The average Bonchev–Trinajstić information content (AvgIpc) is 3.87. The van der Waals surface area contributed by atoms with Gasteiger partial charge < -0.3 is 0 Å². The Kier molecular flexibility index (Phi) is 14.0. The monoisotopic (exact) mass is 959 g/mol. The van der Waals surface area contributed by atoms with Gasteiger partial charge in [-0.2, -0.15) is 9.13 Å². The second-order valence-corrected chi connectivity index (χ2v) is 20.2. The van der Waals surface area contributed by atoms with E-state index in [0.717, 1.165) is 0 Å². The summed E-state index contributed by atoms with van der Waals surface area (Å²) < 4.78 is 5.15. The Morgan fingerprint density at radius 3 is 0.808 bits per heavy atom. The molecule has 0 saturated carbocycles. The van der Waals surface area contributed by atoms with Crippen molar-refractivity contribution in [2.75, 3.05) is 6.66 Å². The molecule has 1 heterocycles.